The molecule has 3 aromatic rings. The van der Waals surface area contributed by atoms with Gasteiger partial charge in [0.25, 0.3) is 0 Å². The van der Waals surface area contributed by atoms with Gasteiger partial charge in [-0.05, 0) is 61.4 Å². The van der Waals surface area contributed by atoms with E-state index in [2.05, 4.69) is 16.0 Å². The van der Waals surface area contributed by atoms with E-state index >= 15 is 0 Å². The van der Waals surface area contributed by atoms with Gasteiger partial charge in [0.2, 0.25) is 17.8 Å². The predicted octanol–water partition coefficient (Wildman–Crippen LogP) is 3.46. The van der Waals surface area contributed by atoms with Crippen LogP contribution in [0.15, 0.2) is 48.5 Å². The second-order valence-corrected chi connectivity index (χ2v) is 10.6. The Morgan fingerprint density at radius 1 is 0.975 bits per heavy atom. The molecule has 4 rings (SSSR count). The van der Waals surface area contributed by atoms with Crippen molar-refractivity contribution in [2.24, 2.45) is 5.92 Å². The number of hydrogen-bond donors (Lipinski definition) is 3. The largest absolute Gasteiger partial charge is 0.427 e. The zero-order valence-electron chi connectivity index (χ0n) is 23.6. The molecule has 1 aliphatic rings. The minimum atomic E-state index is -0.689. The monoisotopic (exact) mass is 546 g/mol. The highest BCUT2D eigenvalue weighted by atomic mass is 16.5. The Hall–Kier alpha value is -4.21. The van der Waals surface area contributed by atoms with Crippen molar-refractivity contribution in [1.29, 1.82) is 0 Å². The van der Waals surface area contributed by atoms with Gasteiger partial charge in [0.1, 0.15) is 17.6 Å². The van der Waals surface area contributed by atoms with Gasteiger partial charge in [0.05, 0.1) is 5.52 Å². The highest BCUT2D eigenvalue weighted by Gasteiger charge is 2.25. The maximum Gasteiger partial charge on any atom is 0.308 e. The smallest absolute Gasteiger partial charge is 0.308 e. The Morgan fingerprint density at radius 2 is 1.68 bits per heavy atom. The van der Waals surface area contributed by atoms with Crippen LogP contribution in [0.4, 0.5) is 11.8 Å². The Balaban J connectivity index is 1.28. The third kappa shape index (κ3) is 7.91. The van der Waals surface area contributed by atoms with Crippen molar-refractivity contribution >= 4 is 40.5 Å². The fraction of sp³-hybridized carbons (Fsp3) is 0.433. The zero-order valence-corrected chi connectivity index (χ0v) is 23.6. The number of para-hydroxylation sites is 1. The number of benzene rings is 2. The number of hydrogen-bond acceptors (Lipinski definition) is 8. The van der Waals surface area contributed by atoms with Crippen LogP contribution in [0.2, 0.25) is 0 Å². The Labute approximate surface area is 234 Å². The molecule has 212 valence electrons. The van der Waals surface area contributed by atoms with Gasteiger partial charge in [-0.1, -0.05) is 24.3 Å². The number of carbonyl (C=O) groups is 3. The van der Waals surface area contributed by atoms with Crippen LogP contribution >= 0.6 is 0 Å². The molecule has 1 fully saturated rings. The molecular formula is C30H38N6O4. The molecule has 1 saturated carbocycles. The summed E-state index contributed by atoms with van der Waals surface area (Å²) in [6, 6.07) is 14.5. The summed E-state index contributed by atoms with van der Waals surface area (Å²) in [6.45, 7) is 3.30. The molecule has 0 bridgehead atoms. The van der Waals surface area contributed by atoms with Gasteiger partial charge in [0.15, 0.2) is 0 Å². The van der Waals surface area contributed by atoms with E-state index in [1.807, 2.05) is 43.3 Å². The predicted molar refractivity (Wildman–Crippen MR) is 155 cm³/mol. The number of anilines is 2. The van der Waals surface area contributed by atoms with Crippen molar-refractivity contribution in [3.8, 4) is 5.75 Å². The number of aromatic nitrogens is 2. The van der Waals surface area contributed by atoms with Gasteiger partial charge in [-0.25, -0.2) is 4.98 Å². The van der Waals surface area contributed by atoms with Gasteiger partial charge < -0.3 is 25.6 Å². The molecule has 2 amide bonds. The summed E-state index contributed by atoms with van der Waals surface area (Å²) < 4.78 is 5.06. The molecule has 1 aliphatic carbocycles. The molecule has 3 N–H and O–H groups in total. The van der Waals surface area contributed by atoms with Crippen molar-refractivity contribution < 1.29 is 19.1 Å². The Bertz CT molecular complexity index is 1340. The van der Waals surface area contributed by atoms with Crippen LogP contribution in [0.1, 0.15) is 45.1 Å². The van der Waals surface area contributed by atoms with Gasteiger partial charge in [-0.3, -0.25) is 14.4 Å². The van der Waals surface area contributed by atoms with Crippen molar-refractivity contribution in [2.45, 2.75) is 58.0 Å². The molecule has 1 aromatic heterocycles. The second kappa shape index (κ2) is 13.2. The van der Waals surface area contributed by atoms with Crippen LogP contribution in [-0.4, -0.2) is 60.5 Å². The number of rotatable bonds is 10. The van der Waals surface area contributed by atoms with Crippen LogP contribution in [-0.2, 0) is 20.8 Å². The lowest BCUT2D eigenvalue weighted by atomic mass is 9.86. The number of nitrogens with one attached hydrogen (secondary N) is 3. The molecule has 1 unspecified atom stereocenters. The molecule has 0 saturated heterocycles. The summed E-state index contributed by atoms with van der Waals surface area (Å²) in [4.78, 5) is 47.4. The first kappa shape index (κ1) is 28.8. The van der Waals surface area contributed by atoms with Gasteiger partial charge in [0, 0.05) is 52.3 Å². The first-order chi connectivity index (χ1) is 19.2. The number of nitrogens with zero attached hydrogens (tertiary/aromatic N) is 3. The molecule has 2 aromatic carbocycles. The molecular weight excluding hydrogens is 508 g/mol. The van der Waals surface area contributed by atoms with Crippen molar-refractivity contribution in [2.75, 3.05) is 30.9 Å². The summed E-state index contributed by atoms with van der Waals surface area (Å²) in [5, 5.41) is 10.4. The fourth-order valence-corrected chi connectivity index (χ4v) is 5.08. The normalized spacial score (nSPS) is 17.5. The lowest BCUT2D eigenvalue weighted by Gasteiger charge is -2.30. The van der Waals surface area contributed by atoms with E-state index in [0.29, 0.717) is 30.6 Å². The van der Waals surface area contributed by atoms with E-state index in [-0.39, 0.29) is 17.9 Å². The minimum Gasteiger partial charge on any atom is -0.427 e. The van der Waals surface area contributed by atoms with Crippen LogP contribution in [0, 0.1) is 5.92 Å². The van der Waals surface area contributed by atoms with E-state index in [9.17, 15) is 14.4 Å². The van der Waals surface area contributed by atoms with E-state index in [4.69, 9.17) is 14.7 Å². The SMILES string of the molecule is CC(=O)NC(Cc1ccc(OC(C)=O)cc1)C(=O)NC[C@H]1CC[C@@H](Nc2nc(N(C)C)c3ccccc3n2)CC1. The van der Waals surface area contributed by atoms with E-state index in [0.717, 1.165) is 48.0 Å². The van der Waals surface area contributed by atoms with Crippen molar-refractivity contribution in [1.82, 2.24) is 20.6 Å². The number of amides is 2. The molecule has 0 aliphatic heterocycles. The number of esters is 1. The maximum atomic E-state index is 13.0. The number of fused-ring (bicyclic) bond motifs is 1. The van der Waals surface area contributed by atoms with Crippen LogP contribution in [0.25, 0.3) is 10.9 Å². The first-order valence-electron chi connectivity index (χ1n) is 13.7. The molecule has 10 nitrogen and oxygen atoms in total. The number of ether oxygens (including phenoxy) is 1. The summed E-state index contributed by atoms with van der Waals surface area (Å²) in [5.41, 5.74) is 1.76. The van der Waals surface area contributed by atoms with Gasteiger partial charge in [-0.15, -0.1) is 0 Å². The molecule has 1 heterocycles. The Kier molecular flexibility index (Phi) is 9.52. The standard InChI is InChI=1S/C30H38N6O4/c1-19(37)32-27(17-21-11-15-24(16-12-21)40-20(2)38)29(39)31-18-22-9-13-23(14-10-22)33-30-34-26-8-6-5-7-25(26)28(35-30)36(3)4/h5-8,11-12,15-16,22-23,27H,9-10,13-14,17-18H2,1-4H3,(H,31,39)(H,32,37)(H,33,34,35)/t22-,23+,27?. The molecule has 0 spiro atoms. The summed E-state index contributed by atoms with van der Waals surface area (Å²) in [5.74, 6) is 1.45. The van der Waals surface area contributed by atoms with Gasteiger partial charge >= 0.3 is 5.97 Å². The highest BCUT2D eigenvalue weighted by Crippen LogP contribution is 2.28. The summed E-state index contributed by atoms with van der Waals surface area (Å²) in [7, 11) is 3.96. The van der Waals surface area contributed by atoms with E-state index in [1.54, 1.807) is 24.3 Å². The molecule has 0 radical (unpaired) electrons. The van der Waals surface area contributed by atoms with E-state index in [1.165, 1.54) is 13.8 Å². The average Bonchev–Trinajstić information content (AvgIpc) is 2.92. The summed E-state index contributed by atoms with van der Waals surface area (Å²) >= 11 is 0. The molecule has 10 heteroatoms. The maximum absolute atomic E-state index is 13.0. The molecule has 1 atom stereocenters. The zero-order chi connectivity index (χ0) is 28.6. The minimum absolute atomic E-state index is 0.208. The fourth-order valence-electron chi connectivity index (χ4n) is 5.08. The van der Waals surface area contributed by atoms with Crippen LogP contribution in [0.5, 0.6) is 5.75 Å². The molecule has 40 heavy (non-hydrogen) atoms. The van der Waals surface area contributed by atoms with Crippen LogP contribution in [0.3, 0.4) is 0 Å². The third-order valence-corrected chi connectivity index (χ3v) is 7.07. The van der Waals surface area contributed by atoms with E-state index < -0.39 is 12.0 Å². The first-order valence-corrected chi connectivity index (χ1v) is 13.7. The third-order valence-electron chi connectivity index (χ3n) is 7.07. The lowest BCUT2D eigenvalue weighted by molar-refractivity contribution is -0.131. The van der Waals surface area contributed by atoms with Crippen molar-refractivity contribution in [3.05, 3.63) is 54.1 Å². The second-order valence-electron chi connectivity index (χ2n) is 10.6. The van der Waals surface area contributed by atoms with Crippen LogP contribution < -0.4 is 25.6 Å². The Morgan fingerprint density at radius 3 is 2.33 bits per heavy atom. The average molecular weight is 547 g/mol. The quantitative estimate of drug-likeness (QED) is 0.261. The highest BCUT2D eigenvalue weighted by molar-refractivity contribution is 5.90. The van der Waals surface area contributed by atoms with Gasteiger partial charge in [-0.2, -0.15) is 4.98 Å². The summed E-state index contributed by atoms with van der Waals surface area (Å²) in [6.07, 6.45) is 4.18. The topological polar surface area (TPSA) is 126 Å². The lowest BCUT2D eigenvalue weighted by Crippen LogP contribution is -2.48. The van der Waals surface area contributed by atoms with Crippen molar-refractivity contribution in [3.63, 3.8) is 0 Å². The number of carbonyl (C=O) groups excluding carboxylic acids is 3.